The first-order valence-corrected chi connectivity index (χ1v) is 13.0. The molecule has 0 bridgehead atoms. The second kappa shape index (κ2) is 8.95. The predicted molar refractivity (Wildman–Crippen MR) is 118 cm³/mol. The summed E-state index contributed by atoms with van der Waals surface area (Å²) >= 11 is -0.835. The van der Waals surface area contributed by atoms with E-state index in [4.69, 9.17) is 0 Å². The van der Waals surface area contributed by atoms with E-state index in [1.54, 1.807) is 0 Å². The average Bonchev–Trinajstić information content (AvgIpc) is 3.41. The van der Waals surface area contributed by atoms with E-state index in [1.807, 2.05) is 0 Å². The Labute approximate surface area is 207 Å². The number of fused-ring (bicyclic) bond motifs is 3. The first kappa shape index (κ1) is 22.3. The van der Waals surface area contributed by atoms with E-state index in [-0.39, 0.29) is 24.8 Å². The van der Waals surface area contributed by atoms with Crippen molar-refractivity contribution in [3.05, 3.63) is 113 Å². The molecule has 4 aromatic rings. The van der Waals surface area contributed by atoms with Gasteiger partial charge in [-0.1, -0.05) is 0 Å². The zero-order chi connectivity index (χ0) is 19.4. The van der Waals surface area contributed by atoms with E-state index < -0.39 is 23.2 Å². The summed E-state index contributed by atoms with van der Waals surface area (Å²) in [4.78, 5) is 0. The molecule has 6 rings (SSSR count). The Hall–Kier alpha value is -1.86. The van der Waals surface area contributed by atoms with Crippen LogP contribution < -0.4 is 24.8 Å². The summed E-state index contributed by atoms with van der Waals surface area (Å²) in [7, 11) is 0. The first-order valence-electron chi connectivity index (χ1n) is 10.2. The number of nitrogens with zero attached hydrogens (tertiary/aromatic N) is 1. The largest absolute Gasteiger partial charge is 1.00 e. The molecule has 4 heteroatoms. The maximum Gasteiger partial charge on any atom is -1.00 e. The zero-order valence-electron chi connectivity index (χ0n) is 17.1. The fourth-order valence-corrected chi connectivity index (χ4v) is 9.40. The summed E-state index contributed by atoms with van der Waals surface area (Å²) in [6, 6.07) is 29.1. The topological polar surface area (TPSA) is 4.93 Å². The second-order valence-electron chi connectivity index (χ2n) is 7.94. The molecule has 31 heavy (non-hydrogen) atoms. The third kappa shape index (κ3) is 3.70. The van der Waals surface area contributed by atoms with Gasteiger partial charge in [-0.15, -0.1) is 0 Å². The van der Waals surface area contributed by atoms with Crippen LogP contribution in [-0.4, -0.2) is 4.57 Å². The first-order chi connectivity index (χ1) is 14.3. The number of allylic oxidation sites excluding steroid dienone is 2. The summed E-state index contributed by atoms with van der Waals surface area (Å²) in [6.07, 6.45) is 7.25. The number of hydrogen-bond donors (Lipinski definition) is 0. The molecule has 0 N–H and O–H groups in total. The van der Waals surface area contributed by atoms with Crippen LogP contribution in [0.5, 0.6) is 0 Å². The number of hydrogen-bond acceptors (Lipinski definition) is 0. The third-order valence-corrected chi connectivity index (χ3v) is 10.6. The molecule has 2 aliphatic carbocycles. The van der Waals surface area contributed by atoms with E-state index in [1.165, 1.54) is 44.5 Å². The van der Waals surface area contributed by atoms with Crippen molar-refractivity contribution in [3.8, 4) is 0 Å². The molecule has 0 spiro atoms. The zero-order valence-corrected chi connectivity index (χ0v) is 21.1. The molecular formula is C27H21Cl2NZr. The minimum absolute atomic E-state index is 0. The van der Waals surface area contributed by atoms with Crippen molar-refractivity contribution in [3.63, 3.8) is 0 Å². The standard InChI is InChI=1S/C18H14N.C9H7.2ClH.Zr/c1-13-10-16-8-4-5-9-18(16)19(13)17-11-14-6-2-3-7-15(14)12-17;1-2-5-9-7-3-6-8(9)4-1;;;/h2-12H,1H3;1-7H;2*1H;/q;;;;+2/p-2. The van der Waals surface area contributed by atoms with Crippen LogP contribution in [-0.2, 0) is 23.2 Å². The average molecular weight is 522 g/mol. The molecule has 1 nitrogen and oxygen atoms in total. The Bertz CT molecular complexity index is 1320. The maximum atomic E-state index is 2.52. The Balaban J connectivity index is 0.00000116. The molecule has 2 atom stereocenters. The van der Waals surface area contributed by atoms with Gasteiger partial charge in [-0.05, 0) is 0 Å². The summed E-state index contributed by atoms with van der Waals surface area (Å²) in [5.74, 6) is 0. The number of para-hydroxylation sites is 1. The van der Waals surface area contributed by atoms with Gasteiger partial charge in [0.2, 0.25) is 0 Å². The van der Waals surface area contributed by atoms with E-state index in [0.717, 1.165) is 0 Å². The summed E-state index contributed by atoms with van der Waals surface area (Å²) < 4.78 is 3.72. The number of benzene rings is 3. The van der Waals surface area contributed by atoms with E-state index in [0.29, 0.717) is 7.25 Å². The van der Waals surface area contributed by atoms with Crippen LogP contribution in [0.25, 0.3) is 28.8 Å². The SMILES string of the molecule is Cc1cc2ccccc2n1C1=Cc2ccccc2[CH]1[Zr+2][CH]1C=Cc2ccccc21.[Cl-].[Cl-]. The molecule has 0 aliphatic heterocycles. The normalized spacial score (nSPS) is 17.9. The quantitative estimate of drug-likeness (QED) is 0.377. The number of aromatic nitrogens is 1. The molecule has 3 aromatic carbocycles. The van der Waals surface area contributed by atoms with Gasteiger partial charge in [0.1, 0.15) is 0 Å². The minimum atomic E-state index is -0.835. The van der Waals surface area contributed by atoms with Crippen molar-refractivity contribution < 1.29 is 48.0 Å². The predicted octanol–water partition coefficient (Wildman–Crippen LogP) is 0.861. The van der Waals surface area contributed by atoms with Crippen molar-refractivity contribution in [2.24, 2.45) is 0 Å². The van der Waals surface area contributed by atoms with Crippen LogP contribution in [0.15, 0.2) is 84.9 Å². The Morgan fingerprint density at radius 1 is 0.774 bits per heavy atom. The maximum absolute atomic E-state index is 2.52. The molecule has 1 aromatic heterocycles. The fraction of sp³-hybridized carbons (Fsp3) is 0.111. The van der Waals surface area contributed by atoms with Crippen LogP contribution >= 0.6 is 0 Å². The van der Waals surface area contributed by atoms with Crippen LogP contribution in [0.3, 0.4) is 0 Å². The van der Waals surface area contributed by atoms with Gasteiger partial charge in [0.15, 0.2) is 0 Å². The molecule has 0 amide bonds. The molecule has 1 heterocycles. The Kier molecular flexibility index (Phi) is 6.45. The van der Waals surface area contributed by atoms with E-state index in [2.05, 4.69) is 109 Å². The summed E-state index contributed by atoms with van der Waals surface area (Å²) in [5.41, 5.74) is 10.0. The van der Waals surface area contributed by atoms with Crippen molar-refractivity contribution in [2.45, 2.75) is 14.2 Å². The number of rotatable bonds is 3. The van der Waals surface area contributed by atoms with Gasteiger partial charge in [-0.25, -0.2) is 0 Å². The Morgan fingerprint density at radius 2 is 1.45 bits per heavy atom. The van der Waals surface area contributed by atoms with Crippen LogP contribution in [0, 0.1) is 6.92 Å². The molecule has 0 saturated carbocycles. The minimum Gasteiger partial charge on any atom is -1.00 e. The number of aryl methyl sites for hydroxylation is 1. The van der Waals surface area contributed by atoms with Gasteiger partial charge in [-0.3, -0.25) is 0 Å². The molecule has 2 aliphatic rings. The van der Waals surface area contributed by atoms with Crippen molar-refractivity contribution in [1.82, 2.24) is 4.57 Å². The van der Waals surface area contributed by atoms with Gasteiger partial charge >= 0.3 is 184 Å². The Morgan fingerprint density at radius 3 is 2.29 bits per heavy atom. The van der Waals surface area contributed by atoms with Gasteiger partial charge in [-0.2, -0.15) is 0 Å². The van der Waals surface area contributed by atoms with Crippen LogP contribution in [0.2, 0.25) is 0 Å². The van der Waals surface area contributed by atoms with Crippen molar-refractivity contribution in [2.75, 3.05) is 0 Å². The van der Waals surface area contributed by atoms with E-state index in [9.17, 15) is 0 Å². The third-order valence-electron chi connectivity index (χ3n) is 6.20. The summed E-state index contributed by atoms with van der Waals surface area (Å²) in [5, 5.41) is 1.33. The molecule has 0 radical (unpaired) electrons. The second-order valence-corrected chi connectivity index (χ2v) is 11.7. The van der Waals surface area contributed by atoms with Gasteiger partial charge < -0.3 is 24.8 Å². The van der Waals surface area contributed by atoms with Crippen LogP contribution in [0.4, 0.5) is 0 Å². The van der Waals surface area contributed by atoms with Crippen molar-refractivity contribution >= 4 is 28.8 Å². The molecular weight excluding hydrogens is 500 g/mol. The summed E-state index contributed by atoms with van der Waals surface area (Å²) in [6.45, 7) is 2.25. The van der Waals surface area contributed by atoms with Gasteiger partial charge in [0.25, 0.3) is 0 Å². The fourth-order valence-electron chi connectivity index (χ4n) is 4.89. The number of halogens is 2. The molecule has 2 unspecified atom stereocenters. The molecule has 0 saturated heterocycles. The van der Waals surface area contributed by atoms with Gasteiger partial charge in [0, 0.05) is 0 Å². The van der Waals surface area contributed by atoms with Crippen LogP contribution in [0.1, 0.15) is 35.2 Å². The molecule has 152 valence electrons. The molecule has 0 fully saturated rings. The smallest absolute Gasteiger partial charge is 1.00 e. The monoisotopic (exact) mass is 519 g/mol. The van der Waals surface area contributed by atoms with E-state index >= 15 is 0 Å². The van der Waals surface area contributed by atoms with Gasteiger partial charge in [0.05, 0.1) is 0 Å². The van der Waals surface area contributed by atoms with Crippen molar-refractivity contribution in [1.29, 1.82) is 0 Å².